The molecule has 1 aromatic heterocycles. The number of carbonyl (C=O) groups excluding carboxylic acids is 1. The van der Waals surface area contributed by atoms with Gasteiger partial charge >= 0.3 is 5.97 Å². The third kappa shape index (κ3) is 6.84. The Morgan fingerprint density at radius 3 is 2.08 bits per heavy atom. The van der Waals surface area contributed by atoms with Crippen molar-refractivity contribution < 1.29 is 19.4 Å². The Morgan fingerprint density at radius 1 is 0.947 bits per heavy atom. The summed E-state index contributed by atoms with van der Waals surface area (Å²) in [6, 6.07) is 16.9. The number of carboxylic acid groups (broad SMARTS) is 1. The molecule has 0 unspecified atom stereocenters. The Kier molecular flexibility index (Phi) is 9.42. The number of aliphatic carboxylic acids is 1. The van der Waals surface area contributed by atoms with Crippen LogP contribution in [0.15, 0.2) is 48.5 Å². The topological polar surface area (TPSA) is 75.6 Å². The van der Waals surface area contributed by atoms with E-state index in [4.69, 9.17) is 9.84 Å². The molecular formula is C32H41NO4S. The van der Waals surface area contributed by atoms with E-state index < -0.39 is 5.97 Å². The van der Waals surface area contributed by atoms with Gasteiger partial charge in [0.15, 0.2) is 0 Å². The Hall–Kier alpha value is -3.12. The van der Waals surface area contributed by atoms with Gasteiger partial charge in [0.25, 0.3) is 5.91 Å². The van der Waals surface area contributed by atoms with Gasteiger partial charge in [-0.3, -0.25) is 9.59 Å². The first kappa shape index (κ1) is 29.4. The third-order valence-corrected chi connectivity index (χ3v) is 8.72. The fourth-order valence-corrected chi connectivity index (χ4v) is 6.05. The summed E-state index contributed by atoms with van der Waals surface area (Å²) in [7, 11) is 0. The third-order valence-electron chi connectivity index (χ3n) is 7.39. The number of aryl methyl sites for hydroxylation is 2. The minimum absolute atomic E-state index is 0.0917. The maximum absolute atomic E-state index is 12.5. The van der Waals surface area contributed by atoms with E-state index in [1.807, 2.05) is 12.1 Å². The molecule has 0 fully saturated rings. The zero-order valence-electron chi connectivity index (χ0n) is 23.7. The van der Waals surface area contributed by atoms with Crippen molar-refractivity contribution in [2.24, 2.45) is 0 Å². The van der Waals surface area contributed by atoms with Crippen LogP contribution in [0.1, 0.15) is 85.1 Å². The van der Waals surface area contributed by atoms with Gasteiger partial charge in [-0.1, -0.05) is 58.9 Å². The first-order valence-corrected chi connectivity index (χ1v) is 14.2. The van der Waals surface area contributed by atoms with Crippen molar-refractivity contribution in [2.75, 3.05) is 13.2 Å². The van der Waals surface area contributed by atoms with Crippen LogP contribution in [-0.4, -0.2) is 30.1 Å². The molecule has 0 saturated carbocycles. The number of ether oxygens (including phenoxy) is 1. The van der Waals surface area contributed by atoms with E-state index >= 15 is 0 Å². The van der Waals surface area contributed by atoms with Crippen LogP contribution in [0.5, 0.6) is 5.75 Å². The van der Waals surface area contributed by atoms with Crippen LogP contribution >= 0.6 is 11.3 Å². The normalized spacial score (nSPS) is 11.9. The number of benzene rings is 2. The molecule has 0 aliphatic carbocycles. The number of amides is 1. The fourth-order valence-electron chi connectivity index (χ4n) is 4.81. The van der Waals surface area contributed by atoms with Gasteiger partial charge in [-0.15, -0.1) is 11.3 Å². The minimum Gasteiger partial charge on any atom is -0.493 e. The second-order valence-electron chi connectivity index (χ2n) is 11.1. The lowest BCUT2D eigenvalue weighted by Crippen LogP contribution is -2.31. The van der Waals surface area contributed by atoms with E-state index in [2.05, 4.69) is 90.2 Å². The molecule has 0 saturated heterocycles. The Bertz CT molecular complexity index is 1240. The summed E-state index contributed by atoms with van der Waals surface area (Å²) < 4.78 is 6.43. The minimum atomic E-state index is -0.928. The predicted octanol–water partition coefficient (Wildman–Crippen LogP) is 7.67. The van der Waals surface area contributed by atoms with Gasteiger partial charge in [0.05, 0.1) is 17.9 Å². The van der Waals surface area contributed by atoms with Gasteiger partial charge in [-0.25, -0.2) is 0 Å². The predicted molar refractivity (Wildman–Crippen MR) is 157 cm³/mol. The van der Waals surface area contributed by atoms with E-state index in [9.17, 15) is 9.59 Å². The Balaban J connectivity index is 1.77. The monoisotopic (exact) mass is 535 g/mol. The fraction of sp³-hybridized carbons (Fsp3) is 0.438. The summed E-state index contributed by atoms with van der Waals surface area (Å²) >= 11 is 1.46. The summed E-state index contributed by atoms with van der Waals surface area (Å²) in [4.78, 5) is 24.9. The Morgan fingerprint density at radius 2 is 1.55 bits per heavy atom. The van der Waals surface area contributed by atoms with Crippen LogP contribution in [0.4, 0.5) is 0 Å². The van der Waals surface area contributed by atoms with Crippen molar-refractivity contribution in [3.63, 3.8) is 0 Å². The zero-order chi connectivity index (χ0) is 28.1. The van der Waals surface area contributed by atoms with Crippen molar-refractivity contribution in [1.82, 2.24) is 5.32 Å². The van der Waals surface area contributed by atoms with E-state index in [1.54, 1.807) is 0 Å². The van der Waals surface area contributed by atoms with Crippen molar-refractivity contribution >= 4 is 23.2 Å². The molecule has 6 heteroatoms. The van der Waals surface area contributed by atoms with Crippen LogP contribution < -0.4 is 10.1 Å². The molecule has 38 heavy (non-hydrogen) atoms. The lowest BCUT2D eigenvalue weighted by molar-refractivity contribution is -0.136. The lowest BCUT2D eigenvalue weighted by Gasteiger charge is -2.31. The summed E-state index contributed by atoms with van der Waals surface area (Å²) in [6.45, 7) is 15.9. The molecule has 2 N–H and O–H groups in total. The molecule has 5 nitrogen and oxygen atoms in total. The molecule has 0 spiro atoms. The summed E-state index contributed by atoms with van der Waals surface area (Å²) in [5.41, 5.74) is 6.04. The second-order valence-corrected chi connectivity index (χ2v) is 12.2. The van der Waals surface area contributed by atoms with Crippen molar-refractivity contribution in [2.45, 2.75) is 78.6 Å². The summed E-state index contributed by atoms with van der Waals surface area (Å²) in [5.74, 6) is -0.311. The number of thiophene rings is 1. The first-order chi connectivity index (χ1) is 17.9. The van der Waals surface area contributed by atoms with Crippen molar-refractivity contribution in [3.8, 4) is 16.9 Å². The highest BCUT2D eigenvalue weighted by molar-refractivity contribution is 7.14. The highest BCUT2D eigenvalue weighted by atomic mass is 32.1. The standard InChI is InChI=1S/C32H41NO4S/c1-8-32(9-2,27-15-14-26(38-27)30(36)33-17-16-28(34)35)20-37-25-18-21(3)29(22(4)19-25)23-10-12-24(13-11-23)31(5,6)7/h10-15,18-19H,8-9,16-17,20H2,1-7H3,(H,33,36)(H,34,35). The molecule has 0 bridgehead atoms. The highest BCUT2D eigenvalue weighted by Gasteiger charge is 2.32. The number of hydrogen-bond acceptors (Lipinski definition) is 4. The SMILES string of the molecule is CCC(CC)(COc1cc(C)c(-c2ccc(C(C)(C)C)cc2)c(C)c1)c1ccc(C(=O)NCCC(=O)O)s1. The smallest absolute Gasteiger partial charge is 0.305 e. The molecule has 1 heterocycles. The van der Waals surface area contributed by atoms with E-state index in [1.165, 1.54) is 39.2 Å². The lowest BCUT2D eigenvalue weighted by atomic mass is 9.81. The number of hydrogen-bond donors (Lipinski definition) is 2. The number of rotatable bonds is 11. The Labute approximate surface area is 231 Å². The van der Waals surface area contributed by atoms with Gasteiger partial charge in [-0.2, -0.15) is 0 Å². The van der Waals surface area contributed by atoms with Gasteiger partial charge in [-0.05, 0) is 84.2 Å². The number of carbonyl (C=O) groups is 2. The van der Waals surface area contributed by atoms with E-state index in [0.717, 1.165) is 23.5 Å². The molecule has 0 radical (unpaired) electrons. The van der Waals surface area contributed by atoms with E-state index in [-0.39, 0.29) is 29.7 Å². The van der Waals surface area contributed by atoms with Crippen molar-refractivity contribution in [1.29, 1.82) is 0 Å². The van der Waals surface area contributed by atoms with Crippen LogP contribution in [0.3, 0.4) is 0 Å². The summed E-state index contributed by atoms with van der Waals surface area (Å²) in [5, 5.41) is 11.5. The molecule has 0 atom stereocenters. The summed E-state index contributed by atoms with van der Waals surface area (Å²) in [6.07, 6.45) is 1.66. The molecule has 1 amide bonds. The second kappa shape index (κ2) is 12.2. The molecule has 204 valence electrons. The highest BCUT2D eigenvalue weighted by Crippen LogP contribution is 2.38. The molecule has 0 aliphatic rings. The molecule has 3 rings (SSSR count). The average Bonchev–Trinajstić information content (AvgIpc) is 3.35. The molecule has 3 aromatic rings. The zero-order valence-corrected chi connectivity index (χ0v) is 24.6. The van der Waals surface area contributed by atoms with Crippen LogP contribution in [0, 0.1) is 13.8 Å². The largest absolute Gasteiger partial charge is 0.493 e. The quantitative estimate of drug-likeness (QED) is 0.264. The van der Waals surface area contributed by atoms with Gasteiger partial charge in [0, 0.05) is 16.8 Å². The maximum Gasteiger partial charge on any atom is 0.305 e. The van der Waals surface area contributed by atoms with E-state index in [0.29, 0.717) is 11.5 Å². The molecule has 2 aromatic carbocycles. The first-order valence-electron chi connectivity index (χ1n) is 13.4. The van der Waals surface area contributed by atoms with Crippen LogP contribution in [0.2, 0.25) is 0 Å². The van der Waals surface area contributed by atoms with Gasteiger partial charge < -0.3 is 15.2 Å². The van der Waals surface area contributed by atoms with Gasteiger partial charge in [0.2, 0.25) is 0 Å². The molecule has 0 aliphatic heterocycles. The molecular weight excluding hydrogens is 494 g/mol. The maximum atomic E-state index is 12.5. The van der Waals surface area contributed by atoms with Gasteiger partial charge in [0.1, 0.15) is 5.75 Å². The van der Waals surface area contributed by atoms with Crippen LogP contribution in [0.25, 0.3) is 11.1 Å². The average molecular weight is 536 g/mol. The van der Waals surface area contributed by atoms with Crippen molar-refractivity contribution in [3.05, 3.63) is 75.0 Å². The number of nitrogens with one attached hydrogen (secondary N) is 1. The van der Waals surface area contributed by atoms with Crippen LogP contribution in [-0.2, 0) is 15.6 Å². The number of carboxylic acids is 1.